The predicted molar refractivity (Wildman–Crippen MR) is 99.4 cm³/mol. The summed E-state index contributed by atoms with van der Waals surface area (Å²) in [5.74, 6) is 1.37. The van der Waals surface area contributed by atoms with E-state index < -0.39 is 4.92 Å². The third-order valence-corrected chi connectivity index (χ3v) is 4.49. The Balaban J connectivity index is 1.86. The average Bonchev–Trinajstić information content (AvgIpc) is 3.03. The molecule has 6 nitrogen and oxygen atoms in total. The van der Waals surface area contributed by atoms with Crippen molar-refractivity contribution in [2.24, 2.45) is 0 Å². The van der Waals surface area contributed by atoms with Crippen LogP contribution in [0.2, 0.25) is 0 Å². The largest absolute Gasteiger partial charge is 0.493 e. The molecule has 1 aromatic heterocycles. The van der Waals surface area contributed by atoms with E-state index in [0.29, 0.717) is 18.1 Å². The van der Waals surface area contributed by atoms with Crippen LogP contribution in [-0.2, 0) is 0 Å². The Labute approximate surface area is 148 Å². The number of rotatable bonds is 6. The van der Waals surface area contributed by atoms with E-state index in [1.165, 1.54) is 17.4 Å². The monoisotopic (exact) mass is 356 g/mol. The fourth-order valence-corrected chi connectivity index (χ4v) is 3.25. The number of aromatic nitrogens is 1. The molecule has 2 aromatic carbocycles. The van der Waals surface area contributed by atoms with Gasteiger partial charge in [-0.1, -0.05) is 12.1 Å². The molecule has 3 aromatic rings. The maximum atomic E-state index is 10.9. The van der Waals surface area contributed by atoms with Gasteiger partial charge in [0.25, 0.3) is 5.69 Å². The second kappa shape index (κ2) is 7.31. The van der Waals surface area contributed by atoms with Crippen molar-refractivity contribution >= 4 is 39.4 Å². The molecule has 0 spiro atoms. The highest BCUT2D eigenvalue weighted by Crippen LogP contribution is 2.30. The zero-order valence-electron chi connectivity index (χ0n) is 13.8. The van der Waals surface area contributed by atoms with Gasteiger partial charge >= 0.3 is 0 Å². The van der Waals surface area contributed by atoms with Gasteiger partial charge in [0.15, 0.2) is 11.5 Å². The number of non-ortho nitro benzene ring substituents is 1. The van der Waals surface area contributed by atoms with Crippen molar-refractivity contribution in [3.05, 3.63) is 57.1 Å². The van der Waals surface area contributed by atoms with Crippen LogP contribution in [0.3, 0.4) is 0 Å². The molecule has 0 amide bonds. The Kier molecular flexibility index (Phi) is 4.95. The molecule has 25 heavy (non-hydrogen) atoms. The zero-order chi connectivity index (χ0) is 17.8. The number of benzene rings is 2. The molecular weight excluding hydrogens is 340 g/mol. The number of hydrogen-bond acceptors (Lipinski definition) is 6. The van der Waals surface area contributed by atoms with Gasteiger partial charge in [0, 0.05) is 12.1 Å². The van der Waals surface area contributed by atoms with Crippen LogP contribution in [0.15, 0.2) is 36.4 Å². The smallest absolute Gasteiger partial charge is 0.270 e. The van der Waals surface area contributed by atoms with E-state index in [4.69, 9.17) is 9.47 Å². The molecule has 0 fully saturated rings. The van der Waals surface area contributed by atoms with E-state index in [0.717, 1.165) is 20.8 Å². The fourth-order valence-electron chi connectivity index (χ4n) is 2.35. The van der Waals surface area contributed by atoms with E-state index in [9.17, 15) is 10.1 Å². The Morgan fingerprint density at radius 1 is 1.20 bits per heavy atom. The van der Waals surface area contributed by atoms with Crippen LogP contribution < -0.4 is 9.47 Å². The van der Waals surface area contributed by atoms with Crippen LogP contribution in [-0.4, -0.2) is 23.6 Å². The Hall–Kier alpha value is -2.93. The Morgan fingerprint density at radius 3 is 2.76 bits per heavy atom. The summed E-state index contributed by atoms with van der Waals surface area (Å²) < 4.78 is 11.6. The van der Waals surface area contributed by atoms with Crippen LogP contribution in [0.1, 0.15) is 17.5 Å². The minimum Gasteiger partial charge on any atom is -0.493 e. The summed E-state index contributed by atoms with van der Waals surface area (Å²) in [6.07, 6.45) is 3.80. The van der Waals surface area contributed by atoms with Gasteiger partial charge in [0.05, 0.1) is 28.9 Å². The second-order valence-corrected chi connectivity index (χ2v) is 6.20. The van der Waals surface area contributed by atoms with Crippen molar-refractivity contribution < 1.29 is 14.4 Å². The third kappa shape index (κ3) is 3.77. The number of nitro groups is 1. The minimum absolute atomic E-state index is 0.0722. The maximum absolute atomic E-state index is 10.9. The first kappa shape index (κ1) is 16.9. The van der Waals surface area contributed by atoms with E-state index in [1.54, 1.807) is 19.2 Å². The predicted octanol–water partition coefficient (Wildman–Crippen LogP) is 4.78. The molecule has 0 aliphatic heterocycles. The summed E-state index contributed by atoms with van der Waals surface area (Å²) in [5.41, 5.74) is 1.77. The minimum atomic E-state index is -0.402. The fraction of sp³-hybridized carbons (Fsp3) is 0.167. The van der Waals surface area contributed by atoms with Crippen molar-refractivity contribution in [2.75, 3.05) is 13.7 Å². The Morgan fingerprint density at radius 2 is 2.04 bits per heavy atom. The first-order valence-electron chi connectivity index (χ1n) is 7.64. The summed E-state index contributed by atoms with van der Waals surface area (Å²) in [7, 11) is 1.60. The van der Waals surface area contributed by atoms with Crippen LogP contribution in [0.25, 0.3) is 22.4 Å². The van der Waals surface area contributed by atoms with E-state index >= 15 is 0 Å². The van der Waals surface area contributed by atoms with Gasteiger partial charge < -0.3 is 9.47 Å². The van der Waals surface area contributed by atoms with Crippen LogP contribution in [0.5, 0.6) is 11.5 Å². The van der Waals surface area contributed by atoms with Crippen LogP contribution in [0.4, 0.5) is 5.69 Å². The zero-order valence-corrected chi connectivity index (χ0v) is 14.6. The molecule has 0 radical (unpaired) electrons. The van der Waals surface area contributed by atoms with Crippen molar-refractivity contribution in [1.29, 1.82) is 0 Å². The lowest BCUT2D eigenvalue weighted by atomic mass is 10.2. The molecule has 7 heteroatoms. The van der Waals surface area contributed by atoms with Crippen molar-refractivity contribution in [1.82, 2.24) is 4.98 Å². The SMILES string of the molecule is CCOc1ccc(C=Cc2nc3ccc([N+](=O)[O-])cc3s2)cc1OC. The van der Waals surface area contributed by atoms with Gasteiger partial charge in [0.2, 0.25) is 0 Å². The molecule has 0 aliphatic carbocycles. The average molecular weight is 356 g/mol. The molecule has 0 atom stereocenters. The number of ether oxygens (including phenoxy) is 2. The van der Waals surface area contributed by atoms with E-state index in [2.05, 4.69) is 4.98 Å². The first-order chi connectivity index (χ1) is 12.1. The number of hydrogen-bond donors (Lipinski definition) is 0. The molecule has 0 bridgehead atoms. The molecule has 0 N–H and O–H groups in total. The highest BCUT2D eigenvalue weighted by Gasteiger charge is 2.09. The number of nitro benzene ring substituents is 1. The van der Waals surface area contributed by atoms with Crippen LogP contribution in [0, 0.1) is 10.1 Å². The molecule has 1 heterocycles. The van der Waals surface area contributed by atoms with Gasteiger partial charge in [0.1, 0.15) is 5.01 Å². The van der Waals surface area contributed by atoms with Crippen molar-refractivity contribution in [3.8, 4) is 11.5 Å². The van der Waals surface area contributed by atoms with Gasteiger partial charge in [-0.05, 0) is 36.8 Å². The third-order valence-electron chi connectivity index (χ3n) is 3.51. The topological polar surface area (TPSA) is 74.5 Å². The van der Waals surface area contributed by atoms with Gasteiger partial charge in [-0.3, -0.25) is 10.1 Å². The molecular formula is C18H16N2O4S. The Bertz CT molecular complexity index is 949. The van der Waals surface area contributed by atoms with Gasteiger partial charge in [-0.15, -0.1) is 11.3 Å². The molecule has 3 rings (SSSR count). The van der Waals surface area contributed by atoms with Gasteiger partial charge in [-0.2, -0.15) is 0 Å². The number of methoxy groups -OCH3 is 1. The summed E-state index contributed by atoms with van der Waals surface area (Å²) in [6, 6.07) is 10.4. The normalized spacial score (nSPS) is 11.1. The summed E-state index contributed by atoms with van der Waals surface area (Å²) in [6.45, 7) is 2.49. The molecule has 0 saturated carbocycles. The van der Waals surface area contributed by atoms with Crippen molar-refractivity contribution in [2.45, 2.75) is 6.92 Å². The maximum Gasteiger partial charge on any atom is 0.270 e. The number of thiazole rings is 1. The first-order valence-corrected chi connectivity index (χ1v) is 8.46. The van der Waals surface area contributed by atoms with Crippen LogP contribution >= 0.6 is 11.3 Å². The highest BCUT2D eigenvalue weighted by molar-refractivity contribution is 7.19. The lowest BCUT2D eigenvalue weighted by Gasteiger charge is -2.09. The summed E-state index contributed by atoms with van der Waals surface area (Å²) in [5, 5.41) is 11.6. The molecule has 0 unspecified atom stereocenters. The lowest BCUT2D eigenvalue weighted by molar-refractivity contribution is -0.384. The van der Waals surface area contributed by atoms with E-state index in [-0.39, 0.29) is 5.69 Å². The van der Waals surface area contributed by atoms with Gasteiger partial charge in [-0.25, -0.2) is 4.98 Å². The quantitative estimate of drug-likeness (QED) is 0.469. The highest BCUT2D eigenvalue weighted by atomic mass is 32.1. The number of fused-ring (bicyclic) bond motifs is 1. The molecule has 0 aliphatic rings. The molecule has 0 saturated heterocycles. The summed E-state index contributed by atoms with van der Waals surface area (Å²) in [4.78, 5) is 14.9. The number of nitrogens with zero attached hydrogens (tertiary/aromatic N) is 2. The molecule has 128 valence electrons. The summed E-state index contributed by atoms with van der Waals surface area (Å²) >= 11 is 1.41. The van der Waals surface area contributed by atoms with Crippen molar-refractivity contribution in [3.63, 3.8) is 0 Å². The second-order valence-electron chi connectivity index (χ2n) is 5.14. The lowest BCUT2D eigenvalue weighted by Crippen LogP contribution is -1.95. The van der Waals surface area contributed by atoms with E-state index in [1.807, 2.05) is 37.3 Å². The standard InChI is InChI=1S/C18H16N2O4S/c1-3-24-15-8-4-12(10-16(15)23-2)5-9-18-19-14-7-6-13(20(21)22)11-17(14)25-18/h4-11H,3H2,1-2H3.